The predicted octanol–water partition coefficient (Wildman–Crippen LogP) is 2.70. The molecule has 0 saturated heterocycles. The van der Waals surface area contributed by atoms with Gasteiger partial charge in [0.15, 0.2) is 0 Å². The van der Waals surface area contributed by atoms with Gasteiger partial charge in [0.2, 0.25) is 11.2 Å². The summed E-state index contributed by atoms with van der Waals surface area (Å²) in [7, 11) is 3.46. The molecule has 7 heteroatoms. The van der Waals surface area contributed by atoms with Gasteiger partial charge in [-0.1, -0.05) is 0 Å². The first-order valence-corrected chi connectivity index (χ1v) is 6.44. The summed E-state index contributed by atoms with van der Waals surface area (Å²) >= 11 is 5.88. The lowest BCUT2D eigenvalue weighted by Gasteiger charge is -2.17. The molecule has 2 rings (SSSR count). The number of anilines is 2. The molecule has 1 aromatic carbocycles. The number of halogens is 1. The highest BCUT2D eigenvalue weighted by molar-refractivity contribution is 6.28. The van der Waals surface area contributed by atoms with E-state index in [1.807, 2.05) is 38.2 Å². The van der Waals surface area contributed by atoms with E-state index in [4.69, 9.17) is 21.1 Å². The molecule has 0 aliphatic rings. The predicted molar refractivity (Wildman–Crippen MR) is 77.1 cm³/mol. The van der Waals surface area contributed by atoms with Gasteiger partial charge in [-0.2, -0.15) is 15.0 Å². The van der Waals surface area contributed by atoms with E-state index in [9.17, 15) is 0 Å². The van der Waals surface area contributed by atoms with Crippen molar-refractivity contribution in [3.05, 3.63) is 29.5 Å². The van der Waals surface area contributed by atoms with Crippen molar-refractivity contribution in [3.63, 3.8) is 0 Å². The van der Waals surface area contributed by atoms with Crippen molar-refractivity contribution in [2.24, 2.45) is 0 Å². The first-order chi connectivity index (χ1) is 9.63. The van der Waals surface area contributed by atoms with Crippen molar-refractivity contribution in [3.8, 4) is 11.8 Å². The lowest BCUT2D eigenvalue weighted by atomic mass is 10.3. The number of rotatable bonds is 5. The summed E-state index contributed by atoms with van der Waals surface area (Å²) < 4.78 is 10.4. The Kier molecular flexibility index (Phi) is 4.57. The largest absolute Gasteiger partial charge is 0.497 e. The fraction of sp³-hybridized carbons (Fsp3) is 0.308. The van der Waals surface area contributed by atoms with E-state index in [1.54, 1.807) is 12.0 Å². The molecular formula is C13H15ClN4O2. The number of nitrogens with zero attached hydrogens (tertiary/aromatic N) is 4. The van der Waals surface area contributed by atoms with E-state index in [1.165, 1.54) is 0 Å². The minimum atomic E-state index is 0.0961. The third kappa shape index (κ3) is 3.27. The Labute approximate surface area is 122 Å². The van der Waals surface area contributed by atoms with Gasteiger partial charge in [0.25, 0.3) is 0 Å². The average molecular weight is 295 g/mol. The highest BCUT2D eigenvalue weighted by Crippen LogP contribution is 2.24. The van der Waals surface area contributed by atoms with Crippen LogP contribution >= 0.6 is 11.6 Å². The van der Waals surface area contributed by atoms with Crippen molar-refractivity contribution >= 4 is 23.2 Å². The highest BCUT2D eigenvalue weighted by atomic mass is 35.5. The molecule has 0 N–H and O–H groups in total. The Morgan fingerprint density at radius 3 is 2.45 bits per heavy atom. The zero-order valence-electron chi connectivity index (χ0n) is 11.5. The fourth-order valence-electron chi connectivity index (χ4n) is 1.59. The molecule has 0 spiro atoms. The summed E-state index contributed by atoms with van der Waals surface area (Å²) in [6.07, 6.45) is 0. The number of hydrogen-bond acceptors (Lipinski definition) is 6. The van der Waals surface area contributed by atoms with Crippen LogP contribution < -0.4 is 14.4 Å². The molecule has 6 nitrogen and oxygen atoms in total. The van der Waals surface area contributed by atoms with Crippen LogP contribution in [0, 0.1) is 0 Å². The summed E-state index contributed by atoms with van der Waals surface area (Å²) in [6, 6.07) is 7.73. The fourth-order valence-corrected chi connectivity index (χ4v) is 1.73. The summed E-state index contributed by atoms with van der Waals surface area (Å²) in [5, 5.41) is 0.0961. The second-order valence-electron chi connectivity index (χ2n) is 3.88. The summed E-state index contributed by atoms with van der Waals surface area (Å²) in [4.78, 5) is 14.0. The van der Waals surface area contributed by atoms with Gasteiger partial charge in [-0.3, -0.25) is 0 Å². The lowest BCUT2D eigenvalue weighted by Crippen LogP contribution is -2.14. The zero-order chi connectivity index (χ0) is 14.5. The quantitative estimate of drug-likeness (QED) is 0.845. The van der Waals surface area contributed by atoms with Crippen LogP contribution in [0.15, 0.2) is 24.3 Å². The highest BCUT2D eigenvalue weighted by Gasteiger charge is 2.11. The molecule has 0 atom stereocenters. The number of methoxy groups -OCH3 is 1. The number of aromatic nitrogens is 3. The van der Waals surface area contributed by atoms with Crippen LogP contribution in [0.25, 0.3) is 0 Å². The Balaban J connectivity index is 2.29. The first kappa shape index (κ1) is 14.3. The third-order valence-corrected chi connectivity index (χ3v) is 2.78. The van der Waals surface area contributed by atoms with Gasteiger partial charge >= 0.3 is 6.01 Å². The Hall–Kier alpha value is -2.08. The SMILES string of the molecule is CCOc1nc(Cl)nc(N(C)c2ccc(OC)cc2)n1. The molecule has 0 radical (unpaired) electrons. The molecule has 0 unspecified atom stereocenters. The van der Waals surface area contributed by atoms with E-state index in [-0.39, 0.29) is 11.3 Å². The maximum absolute atomic E-state index is 5.88. The van der Waals surface area contributed by atoms with Crippen LogP contribution in [0.4, 0.5) is 11.6 Å². The van der Waals surface area contributed by atoms with E-state index >= 15 is 0 Å². The molecular weight excluding hydrogens is 280 g/mol. The molecule has 20 heavy (non-hydrogen) atoms. The van der Waals surface area contributed by atoms with E-state index in [0.29, 0.717) is 12.6 Å². The summed E-state index contributed by atoms with van der Waals surface area (Å²) in [5.74, 6) is 1.20. The van der Waals surface area contributed by atoms with Crippen molar-refractivity contribution in [1.29, 1.82) is 0 Å². The molecule has 2 aromatic rings. The summed E-state index contributed by atoms with van der Waals surface area (Å²) in [5.41, 5.74) is 0.899. The van der Waals surface area contributed by atoms with Crippen LogP contribution in [-0.2, 0) is 0 Å². The topological polar surface area (TPSA) is 60.4 Å². The van der Waals surface area contributed by atoms with E-state index in [2.05, 4.69) is 15.0 Å². The van der Waals surface area contributed by atoms with Crippen LogP contribution in [-0.4, -0.2) is 35.7 Å². The van der Waals surface area contributed by atoms with Gasteiger partial charge in [-0.05, 0) is 42.8 Å². The van der Waals surface area contributed by atoms with Gasteiger partial charge in [-0.25, -0.2) is 0 Å². The van der Waals surface area contributed by atoms with Crippen molar-refractivity contribution < 1.29 is 9.47 Å². The van der Waals surface area contributed by atoms with Crippen LogP contribution in [0.5, 0.6) is 11.8 Å². The van der Waals surface area contributed by atoms with Crippen LogP contribution in [0.3, 0.4) is 0 Å². The minimum absolute atomic E-state index is 0.0961. The number of benzene rings is 1. The maximum atomic E-state index is 5.88. The molecule has 0 fully saturated rings. The molecule has 0 bridgehead atoms. The average Bonchev–Trinajstić information content (AvgIpc) is 2.46. The minimum Gasteiger partial charge on any atom is -0.497 e. The molecule has 0 aliphatic heterocycles. The van der Waals surface area contributed by atoms with E-state index < -0.39 is 0 Å². The zero-order valence-corrected chi connectivity index (χ0v) is 12.3. The molecule has 0 amide bonds. The van der Waals surface area contributed by atoms with E-state index in [0.717, 1.165) is 11.4 Å². The molecule has 1 aromatic heterocycles. The molecule has 106 valence electrons. The Bertz CT molecular complexity index is 577. The molecule has 0 saturated carbocycles. The van der Waals surface area contributed by atoms with Crippen LogP contribution in [0.1, 0.15) is 6.92 Å². The van der Waals surface area contributed by atoms with Crippen molar-refractivity contribution in [1.82, 2.24) is 15.0 Å². The van der Waals surface area contributed by atoms with Gasteiger partial charge in [0.1, 0.15) is 5.75 Å². The van der Waals surface area contributed by atoms with Crippen LogP contribution in [0.2, 0.25) is 5.28 Å². The number of hydrogen-bond donors (Lipinski definition) is 0. The molecule has 1 heterocycles. The Morgan fingerprint density at radius 2 is 1.85 bits per heavy atom. The van der Waals surface area contributed by atoms with Gasteiger partial charge in [0.05, 0.1) is 13.7 Å². The first-order valence-electron chi connectivity index (χ1n) is 6.06. The smallest absolute Gasteiger partial charge is 0.322 e. The Morgan fingerprint density at radius 1 is 1.15 bits per heavy atom. The second kappa shape index (κ2) is 6.38. The number of ether oxygens (including phenoxy) is 2. The van der Waals surface area contributed by atoms with Gasteiger partial charge in [-0.15, -0.1) is 0 Å². The summed E-state index contributed by atoms with van der Waals surface area (Å²) in [6.45, 7) is 2.32. The monoisotopic (exact) mass is 294 g/mol. The molecule has 0 aliphatic carbocycles. The van der Waals surface area contributed by atoms with Crippen molar-refractivity contribution in [2.75, 3.05) is 25.7 Å². The third-order valence-electron chi connectivity index (χ3n) is 2.61. The maximum Gasteiger partial charge on any atom is 0.322 e. The van der Waals surface area contributed by atoms with Crippen molar-refractivity contribution in [2.45, 2.75) is 6.92 Å². The second-order valence-corrected chi connectivity index (χ2v) is 4.22. The van der Waals surface area contributed by atoms with Gasteiger partial charge in [0, 0.05) is 12.7 Å². The lowest BCUT2D eigenvalue weighted by molar-refractivity contribution is 0.311. The standard InChI is InChI=1S/C13H15ClN4O2/c1-4-20-13-16-11(14)15-12(17-13)18(2)9-5-7-10(19-3)8-6-9/h5-8H,4H2,1-3H3. The normalized spacial score (nSPS) is 10.2. The van der Waals surface area contributed by atoms with Gasteiger partial charge < -0.3 is 14.4 Å².